The molecule has 0 atom stereocenters. The van der Waals surface area contributed by atoms with E-state index < -0.39 is 10.1 Å². The number of methoxy groups -OCH3 is 1. The molecule has 0 fully saturated rings. The lowest BCUT2D eigenvalue weighted by atomic mass is 10.1. The van der Waals surface area contributed by atoms with Crippen LogP contribution in [0.2, 0.25) is 0 Å². The van der Waals surface area contributed by atoms with Crippen LogP contribution in [-0.2, 0) is 23.8 Å². The molecule has 0 saturated heterocycles. The molecule has 6 heteroatoms. The fourth-order valence-corrected chi connectivity index (χ4v) is 4.36. The minimum atomic E-state index is -3.63. The second kappa shape index (κ2) is 17.8. The van der Waals surface area contributed by atoms with Crippen molar-refractivity contribution in [1.82, 2.24) is 0 Å². The van der Waals surface area contributed by atoms with Crippen molar-refractivity contribution < 1.29 is 22.1 Å². The zero-order valence-electron chi connectivity index (χ0n) is 20.0. The number of hydrogen-bond donors (Lipinski definition) is 0. The van der Waals surface area contributed by atoms with Gasteiger partial charge in [-0.3, -0.25) is 8.98 Å². The van der Waals surface area contributed by atoms with Crippen LogP contribution in [0, 0.1) is 6.92 Å². The van der Waals surface area contributed by atoms with Crippen molar-refractivity contribution in [3.63, 3.8) is 0 Å². The molecule has 0 aliphatic heterocycles. The molecular formula is C26H42O5S. The minimum Gasteiger partial charge on any atom is -0.469 e. The molecule has 0 spiro atoms. The first-order chi connectivity index (χ1) is 15.5. The predicted molar refractivity (Wildman–Crippen MR) is 130 cm³/mol. The number of allylic oxidation sites excluding steroid dienone is 2. The van der Waals surface area contributed by atoms with E-state index in [9.17, 15) is 13.2 Å². The molecule has 0 aliphatic rings. The van der Waals surface area contributed by atoms with Gasteiger partial charge >= 0.3 is 5.97 Å². The molecule has 0 unspecified atom stereocenters. The van der Waals surface area contributed by atoms with E-state index >= 15 is 0 Å². The van der Waals surface area contributed by atoms with E-state index in [0.29, 0.717) is 6.42 Å². The topological polar surface area (TPSA) is 69.7 Å². The average molecular weight is 467 g/mol. The van der Waals surface area contributed by atoms with Crippen molar-refractivity contribution in [2.75, 3.05) is 13.7 Å². The molecule has 0 aromatic heterocycles. The molecule has 0 saturated carbocycles. The predicted octanol–water partition coefficient (Wildman–Crippen LogP) is 6.89. The van der Waals surface area contributed by atoms with Crippen LogP contribution in [-0.4, -0.2) is 28.1 Å². The first kappa shape index (κ1) is 28.4. The number of benzene rings is 1. The Morgan fingerprint density at radius 2 is 1.28 bits per heavy atom. The highest BCUT2D eigenvalue weighted by Gasteiger charge is 2.14. The third kappa shape index (κ3) is 14.4. The van der Waals surface area contributed by atoms with E-state index in [0.717, 1.165) is 50.5 Å². The Labute approximate surface area is 195 Å². The lowest BCUT2D eigenvalue weighted by molar-refractivity contribution is -0.140. The molecule has 5 nitrogen and oxygen atoms in total. The van der Waals surface area contributed by atoms with Crippen LogP contribution < -0.4 is 0 Å². The lowest BCUT2D eigenvalue weighted by Gasteiger charge is -2.06. The molecule has 0 radical (unpaired) electrons. The number of ether oxygens (including phenoxy) is 1. The summed E-state index contributed by atoms with van der Waals surface area (Å²) >= 11 is 0. The highest BCUT2D eigenvalue weighted by Crippen LogP contribution is 2.15. The Morgan fingerprint density at radius 1 is 0.781 bits per heavy atom. The Morgan fingerprint density at radius 3 is 1.84 bits per heavy atom. The lowest BCUT2D eigenvalue weighted by Crippen LogP contribution is -2.07. The monoisotopic (exact) mass is 466 g/mol. The first-order valence-corrected chi connectivity index (χ1v) is 13.5. The average Bonchev–Trinajstić information content (AvgIpc) is 2.78. The summed E-state index contributed by atoms with van der Waals surface area (Å²) in [5.41, 5.74) is 1.03. The van der Waals surface area contributed by atoms with Gasteiger partial charge in [-0.2, -0.15) is 8.42 Å². The molecule has 0 amide bonds. The molecule has 1 rings (SSSR count). The summed E-state index contributed by atoms with van der Waals surface area (Å²) in [7, 11) is -2.19. The van der Waals surface area contributed by atoms with Gasteiger partial charge in [0.2, 0.25) is 0 Å². The molecule has 32 heavy (non-hydrogen) atoms. The first-order valence-electron chi connectivity index (χ1n) is 12.1. The van der Waals surface area contributed by atoms with E-state index in [1.807, 2.05) is 6.92 Å². The SMILES string of the molecule is COC(=O)CCCCCCCC=CCCCCCCCCOS(=O)(=O)c1ccc(C)cc1. The molecule has 0 heterocycles. The Balaban J connectivity index is 1.87. The number of unbranched alkanes of at least 4 members (excludes halogenated alkanes) is 11. The van der Waals surface area contributed by atoms with Gasteiger partial charge in [0.25, 0.3) is 10.1 Å². The van der Waals surface area contributed by atoms with Gasteiger partial charge in [0.1, 0.15) is 0 Å². The second-order valence-corrected chi connectivity index (χ2v) is 9.97. The number of carbonyl (C=O) groups is 1. The van der Waals surface area contributed by atoms with Gasteiger partial charge in [0, 0.05) is 6.42 Å². The van der Waals surface area contributed by atoms with Gasteiger partial charge in [-0.15, -0.1) is 0 Å². The van der Waals surface area contributed by atoms with Gasteiger partial charge in [-0.25, -0.2) is 0 Å². The standard InChI is InChI=1S/C26H42O5S/c1-24-19-21-25(22-20-24)32(28,29)31-23-17-15-13-11-9-7-5-3-4-6-8-10-12-14-16-18-26(27)30-2/h3-4,19-22H,5-18,23H2,1-2H3. The van der Waals surface area contributed by atoms with Crippen molar-refractivity contribution in [2.45, 2.75) is 102 Å². The fourth-order valence-electron chi connectivity index (χ4n) is 3.41. The van der Waals surface area contributed by atoms with Crippen LogP contribution in [0.1, 0.15) is 95.5 Å². The molecular weight excluding hydrogens is 424 g/mol. The van der Waals surface area contributed by atoms with Crippen molar-refractivity contribution in [3.8, 4) is 0 Å². The van der Waals surface area contributed by atoms with Crippen LogP contribution >= 0.6 is 0 Å². The van der Waals surface area contributed by atoms with Crippen molar-refractivity contribution in [1.29, 1.82) is 0 Å². The van der Waals surface area contributed by atoms with Crippen molar-refractivity contribution >= 4 is 16.1 Å². The second-order valence-electron chi connectivity index (χ2n) is 8.35. The summed E-state index contributed by atoms with van der Waals surface area (Å²) in [5, 5.41) is 0. The highest BCUT2D eigenvalue weighted by atomic mass is 32.2. The summed E-state index contributed by atoms with van der Waals surface area (Å²) in [4.78, 5) is 11.2. The molecule has 0 bridgehead atoms. The molecule has 1 aromatic carbocycles. The molecule has 1 aromatic rings. The van der Waals surface area contributed by atoms with E-state index in [2.05, 4.69) is 16.9 Å². The van der Waals surface area contributed by atoms with Crippen LogP contribution in [0.3, 0.4) is 0 Å². The summed E-state index contributed by atoms with van der Waals surface area (Å²) in [6.45, 7) is 2.18. The van der Waals surface area contributed by atoms with E-state index in [1.165, 1.54) is 45.6 Å². The Kier molecular flexibility index (Phi) is 15.8. The van der Waals surface area contributed by atoms with Crippen LogP contribution in [0.4, 0.5) is 0 Å². The van der Waals surface area contributed by atoms with Gasteiger partial charge in [0.05, 0.1) is 18.6 Å². The largest absolute Gasteiger partial charge is 0.469 e. The van der Waals surface area contributed by atoms with Gasteiger partial charge in [0.15, 0.2) is 0 Å². The summed E-state index contributed by atoms with van der Waals surface area (Å²) in [6.07, 6.45) is 19.6. The molecule has 182 valence electrons. The molecule has 0 N–H and O–H groups in total. The van der Waals surface area contributed by atoms with Crippen LogP contribution in [0.15, 0.2) is 41.3 Å². The Hall–Kier alpha value is -1.66. The fraction of sp³-hybridized carbons (Fsp3) is 0.654. The Bertz CT molecular complexity index is 738. The zero-order valence-corrected chi connectivity index (χ0v) is 20.8. The van der Waals surface area contributed by atoms with Crippen LogP contribution in [0.25, 0.3) is 0 Å². The zero-order chi connectivity index (χ0) is 23.5. The van der Waals surface area contributed by atoms with Crippen LogP contribution in [0.5, 0.6) is 0 Å². The van der Waals surface area contributed by atoms with Crippen molar-refractivity contribution in [3.05, 3.63) is 42.0 Å². The number of rotatable bonds is 19. The summed E-state index contributed by atoms with van der Waals surface area (Å²) < 4.78 is 34.0. The van der Waals surface area contributed by atoms with Gasteiger partial charge in [-0.1, -0.05) is 74.8 Å². The highest BCUT2D eigenvalue weighted by molar-refractivity contribution is 7.86. The third-order valence-corrected chi connectivity index (χ3v) is 6.79. The number of carbonyl (C=O) groups excluding carboxylic acids is 1. The maximum Gasteiger partial charge on any atom is 0.305 e. The van der Waals surface area contributed by atoms with E-state index in [4.69, 9.17) is 4.18 Å². The maximum absolute atomic E-state index is 12.1. The quantitative estimate of drug-likeness (QED) is 0.0960. The summed E-state index contributed by atoms with van der Waals surface area (Å²) in [6, 6.07) is 6.75. The minimum absolute atomic E-state index is 0.105. The number of hydrogen-bond acceptors (Lipinski definition) is 5. The smallest absolute Gasteiger partial charge is 0.305 e. The van der Waals surface area contributed by atoms with Gasteiger partial charge < -0.3 is 4.74 Å². The maximum atomic E-state index is 12.1. The normalized spacial score (nSPS) is 11.8. The van der Waals surface area contributed by atoms with Gasteiger partial charge in [-0.05, 0) is 57.6 Å². The number of aryl methyl sites for hydroxylation is 1. The number of esters is 1. The molecule has 0 aliphatic carbocycles. The summed E-state index contributed by atoms with van der Waals surface area (Å²) in [5.74, 6) is -0.105. The van der Waals surface area contributed by atoms with E-state index in [-0.39, 0.29) is 17.5 Å². The van der Waals surface area contributed by atoms with Crippen molar-refractivity contribution in [2.24, 2.45) is 0 Å². The van der Waals surface area contributed by atoms with E-state index in [1.54, 1.807) is 24.3 Å². The third-order valence-electron chi connectivity index (χ3n) is 5.46.